The molecular formula is C19H17Cl2N3OS2. The monoisotopic (exact) mass is 437 g/mol. The van der Waals surface area contributed by atoms with Gasteiger partial charge in [0.1, 0.15) is 15.7 Å². The summed E-state index contributed by atoms with van der Waals surface area (Å²) in [4.78, 5) is 24.1. The van der Waals surface area contributed by atoms with E-state index in [2.05, 4.69) is 15.3 Å². The van der Waals surface area contributed by atoms with E-state index in [9.17, 15) is 4.79 Å². The molecule has 1 aliphatic carbocycles. The Hall–Kier alpha value is -1.34. The average molecular weight is 438 g/mol. The van der Waals surface area contributed by atoms with Crippen LogP contribution >= 0.6 is 46.3 Å². The molecule has 0 atom stereocenters. The fraction of sp³-hybridized carbons (Fsp3) is 0.316. The van der Waals surface area contributed by atoms with E-state index in [1.165, 1.54) is 35.0 Å². The molecule has 1 N–H and O–H groups in total. The molecule has 4 nitrogen and oxygen atoms in total. The summed E-state index contributed by atoms with van der Waals surface area (Å²) >= 11 is 15.2. The standard InChI is InChI=1S/C19H17Cl2N3OS2/c1-10-22-18(17-14-4-2-3-5-15(14)27-19(17)23-10)26-9-16(25)24-13-7-11(20)6-12(21)8-13/h6-8H,2-5,9H2,1H3,(H,24,25). The normalized spacial score (nSPS) is 13.6. The second-order valence-corrected chi connectivity index (χ2v) is 9.38. The predicted octanol–water partition coefficient (Wildman–Crippen LogP) is 5.92. The number of hydrogen-bond acceptors (Lipinski definition) is 5. The lowest BCUT2D eigenvalue weighted by Gasteiger charge is -2.12. The number of aromatic nitrogens is 2. The van der Waals surface area contributed by atoms with Crippen LogP contribution in [-0.2, 0) is 17.6 Å². The van der Waals surface area contributed by atoms with Gasteiger partial charge in [0.2, 0.25) is 5.91 Å². The molecule has 8 heteroatoms. The van der Waals surface area contributed by atoms with E-state index in [0.29, 0.717) is 15.7 Å². The first-order valence-electron chi connectivity index (χ1n) is 8.67. The van der Waals surface area contributed by atoms with E-state index in [-0.39, 0.29) is 11.7 Å². The molecule has 1 amide bonds. The van der Waals surface area contributed by atoms with Gasteiger partial charge in [-0.3, -0.25) is 4.79 Å². The lowest BCUT2D eigenvalue weighted by Crippen LogP contribution is -2.14. The third-order valence-corrected chi connectivity index (χ3v) is 6.98. The van der Waals surface area contributed by atoms with Crippen molar-refractivity contribution in [2.75, 3.05) is 11.1 Å². The summed E-state index contributed by atoms with van der Waals surface area (Å²) in [6, 6.07) is 4.99. The fourth-order valence-electron chi connectivity index (χ4n) is 3.29. The number of carbonyl (C=O) groups is 1. The molecule has 1 aromatic carbocycles. The van der Waals surface area contributed by atoms with Crippen LogP contribution in [0, 0.1) is 6.92 Å². The highest BCUT2D eigenvalue weighted by molar-refractivity contribution is 8.00. The minimum atomic E-state index is -0.119. The van der Waals surface area contributed by atoms with Gasteiger partial charge in [-0.2, -0.15) is 0 Å². The summed E-state index contributed by atoms with van der Waals surface area (Å²) in [6.45, 7) is 1.90. The van der Waals surface area contributed by atoms with Gasteiger partial charge in [0.05, 0.1) is 5.75 Å². The summed E-state index contributed by atoms with van der Waals surface area (Å²) in [6.07, 6.45) is 4.63. The summed E-state index contributed by atoms with van der Waals surface area (Å²) < 4.78 is 0. The maximum atomic E-state index is 12.4. The quantitative estimate of drug-likeness (QED) is 0.406. The maximum Gasteiger partial charge on any atom is 0.234 e. The fourth-order valence-corrected chi connectivity index (χ4v) is 6.09. The van der Waals surface area contributed by atoms with Crippen molar-refractivity contribution < 1.29 is 4.79 Å². The molecule has 3 aromatic rings. The summed E-state index contributed by atoms with van der Waals surface area (Å²) in [5, 5.41) is 5.86. The van der Waals surface area contributed by atoms with E-state index in [1.54, 1.807) is 29.5 Å². The molecule has 0 saturated carbocycles. The van der Waals surface area contributed by atoms with E-state index >= 15 is 0 Å². The Bertz CT molecular complexity index is 1020. The zero-order valence-electron chi connectivity index (χ0n) is 14.6. The second kappa shape index (κ2) is 7.95. The molecule has 0 spiro atoms. The molecule has 0 aliphatic heterocycles. The molecule has 2 heterocycles. The van der Waals surface area contributed by atoms with Crippen molar-refractivity contribution in [1.29, 1.82) is 0 Å². The van der Waals surface area contributed by atoms with Gasteiger partial charge >= 0.3 is 0 Å². The van der Waals surface area contributed by atoms with Crippen LogP contribution in [0.3, 0.4) is 0 Å². The van der Waals surface area contributed by atoms with Crippen molar-refractivity contribution in [2.45, 2.75) is 37.6 Å². The first-order valence-corrected chi connectivity index (χ1v) is 11.2. The Kier molecular flexibility index (Phi) is 5.60. The van der Waals surface area contributed by atoms with E-state index in [1.807, 2.05) is 6.92 Å². The molecule has 0 unspecified atom stereocenters. The van der Waals surface area contributed by atoms with Gasteiger partial charge < -0.3 is 5.32 Å². The van der Waals surface area contributed by atoms with Crippen LogP contribution in [0.25, 0.3) is 10.2 Å². The minimum absolute atomic E-state index is 0.119. The van der Waals surface area contributed by atoms with E-state index in [0.717, 1.165) is 33.9 Å². The van der Waals surface area contributed by atoms with Gasteiger partial charge in [-0.05, 0) is 56.4 Å². The van der Waals surface area contributed by atoms with Crippen LogP contribution in [-0.4, -0.2) is 21.6 Å². The Morgan fingerprint density at radius 1 is 1.19 bits per heavy atom. The summed E-state index contributed by atoms with van der Waals surface area (Å²) in [5.41, 5.74) is 1.97. The van der Waals surface area contributed by atoms with Crippen molar-refractivity contribution in [3.05, 3.63) is 44.5 Å². The Balaban J connectivity index is 1.54. The van der Waals surface area contributed by atoms with E-state index < -0.39 is 0 Å². The van der Waals surface area contributed by atoms with Crippen molar-refractivity contribution in [3.8, 4) is 0 Å². The number of hydrogen-bond donors (Lipinski definition) is 1. The van der Waals surface area contributed by atoms with Crippen LogP contribution < -0.4 is 5.32 Å². The number of aryl methyl sites for hydroxylation is 3. The van der Waals surface area contributed by atoms with Crippen LogP contribution in [0.5, 0.6) is 0 Å². The van der Waals surface area contributed by atoms with E-state index in [4.69, 9.17) is 23.2 Å². The lowest BCUT2D eigenvalue weighted by molar-refractivity contribution is -0.113. The highest BCUT2D eigenvalue weighted by Gasteiger charge is 2.21. The van der Waals surface area contributed by atoms with Crippen LogP contribution in [0.1, 0.15) is 29.1 Å². The number of amides is 1. The van der Waals surface area contributed by atoms with Gasteiger partial charge in [-0.1, -0.05) is 35.0 Å². The van der Waals surface area contributed by atoms with Crippen molar-refractivity contribution in [3.63, 3.8) is 0 Å². The molecule has 4 rings (SSSR count). The Morgan fingerprint density at radius 3 is 2.70 bits per heavy atom. The van der Waals surface area contributed by atoms with Gasteiger partial charge in [0.15, 0.2) is 0 Å². The van der Waals surface area contributed by atoms with Gasteiger partial charge in [-0.15, -0.1) is 11.3 Å². The number of benzene rings is 1. The first-order chi connectivity index (χ1) is 13.0. The molecule has 0 bridgehead atoms. The molecular weight excluding hydrogens is 421 g/mol. The zero-order chi connectivity index (χ0) is 19.0. The molecule has 0 fully saturated rings. The smallest absolute Gasteiger partial charge is 0.234 e. The minimum Gasteiger partial charge on any atom is -0.325 e. The highest BCUT2D eigenvalue weighted by Crippen LogP contribution is 2.39. The van der Waals surface area contributed by atoms with Crippen molar-refractivity contribution in [1.82, 2.24) is 9.97 Å². The summed E-state index contributed by atoms with van der Waals surface area (Å²) in [5.74, 6) is 0.887. The number of fused-ring (bicyclic) bond motifs is 3. The van der Waals surface area contributed by atoms with Crippen LogP contribution in [0.4, 0.5) is 5.69 Å². The van der Waals surface area contributed by atoms with Gasteiger partial charge in [0, 0.05) is 26.0 Å². The third-order valence-electron chi connectivity index (χ3n) is 4.38. The molecule has 27 heavy (non-hydrogen) atoms. The number of halogens is 2. The maximum absolute atomic E-state index is 12.4. The van der Waals surface area contributed by atoms with Crippen LogP contribution in [0.15, 0.2) is 23.2 Å². The molecule has 1 aliphatic rings. The predicted molar refractivity (Wildman–Crippen MR) is 115 cm³/mol. The van der Waals surface area contributed by atoms with Gasteiger partial charge in [0.25, 0.3) is 0 Å². The Morgan fingerprint density at radius 2 is 1.93 bits per heavy atom. The number of anilines is 1. The number of thiophene rings is 1. The SMILES string of the molecule is Cc1nc(SCC(=O)Nc2cc(Cl)cc(Cl)c2)c2c3c(sc2n1)CCCC3. The molecule has 2 aromatic heterocycles. The first kappa shape index (κ1) is 19.0. The number of nitrogens with one attached hydrogen (secondary N) is 1. The van der Waals surface area contributed by atoms with Crippen LogP contribution in [0.2, 0.25) is 10.0 Å². The average Bonchev–Trinajstić information content (AvgIpc) is 2.96. The number of thioether (sulfide) groups is 1. The second-order valence-electron chi connectivity index (χ2n) is 6.46. The third kappa shape index (κ3) is 4.24. The zero-order valence-corrected chi connectivity index (χ0v) is 17.8. The largest absolute Gasteiger partial charge is 0.325 e. The number of carbonyl (C=O) groups excluding carboxylic acids is 1. The highest BCUT2D eigenvalue weighted by atomic mass is 35.5. The van der Waals surface area contributed by atoms with Crippen molar-refractivity contribution in [2.24, 2.45) is 0 Å². The lowest BCUT2D eigenvalue weighted by atomic mass is 9.97. The Labute approximate surface area is 175 Å². The van der Waals surface area contributed by atoms with Gasteiger partial charge in [-0.25, -0.2) is 9.97 Å². The summed E-state index contributed by atoms with van der Waals surface area (Å²) in [7, 11) is 0. The number of nitrogens with zero attached hydrogens (tertiary/aromatic N) is 2. The molecule has 140 valence electrons. The topological polar surface area (TPSA) is 54.9 Å². The molecule has 0 saturated heterocycles. The van der Waals surface area contributed by atoms with Crippen molar-refractivity contribution >= 4 is 68.1 Å². The molecule has 0 radical (unpaired) electrons. The number of rotatable bonds is 4.